The van der Waals surface area contributed by atoms with Crippen LogP contribution in [0.2, 0.25) is 0 Å². The standard InChI is InChI=1S/C16H19N5O2/c1-11(16-19-15(10-22-3)20-23-16)18-14-9-17-21(12(14)2)13-7-5-4-6-8-13/h4-9,11,18H,10H2,1-3H3/t11-/m0/s1. The van der Waals surface area contributed by atoms with Gasteiger partial charge in [0, 0.05) is 7.11 Å². The molecule has 0 spiro atoms. The molecule has 0 unspecified atom stereocenters. The summed E-state index contributed by atoms with van der Waals surface area (Å²) in [6.07, 6.45) is 1.80. The Morgan fingerprint density at radius 2 is 2.09 bits per heavy atom. The van der Waals surface area contributed by atoms with Crippen molar-refractivity contribution in [2.45, 2.75) is 26.5 Å². The van der Waals surface area contributed by atoms with Crippen molar-refractivity contribution >= 4 is 5.69 Å². The van der Waals surface area contributed by atoms with Gasteiger partial charge in [-0.2, -0.15) is 10.1 Å². The van der Waals surface area contributed by atoms with Crippen molar-refractivity contribution in [3.63, 3.8) is 0 Å². The Kier molecular flexibility index (Phi) is 4.38. The zero-order valence-corrected chi connectivity index (χ0v) is 13.4. The van der Waals surface area contributed by atoms with Gasteiger partial charge in [0.15, 0.2) is 5.82 Å². The lowest BCUT2D eigenvalue weighted by Gasteiger charge is -2.11. The van der Waals surface area contributed by atoms with Gasteiger partial charge in [0.2, 0.25) is 5.89 Å². The molecule has 0 saturated carbocycles. The minimum absolute atomic E-state index is 0.125. The highest BCUT2D eigenvalue weighted by atomic mass is 16.5. The van der Waals surface area contributed by atoms with Crippen LogP contribution in [0.5, 0.6) is 0 Å². The summed E-state index contributed by atoms with van der Waals surface area (Å²) in [4.78, 5) is 4.30. The Morgan fingerprint density at radius 3 is 2.83 bits per heavy atom. The largest absolute Gasteiger partial charge is 0.377 e. The van der Waals surface area contributed by atoms with Crippen molar-refractivity contribution in [1.82, 2.24) is 19.9 Å². The highest BCUT2D eigenvalue weighted by molar-refractivity contribution is 5.50. The molecule has 1 aromatic carbocycles. The summed E-state index contributed by atoms with van der Waals surface area (Å²) < 4.78 is 12.1. The number of rotatable bonds is 6. The second-order valence-electron chi connectivity index (χ2n) is 5.24. The number of methoxy groups -OCH3 is 1. The van der Waals surface area contributed by atoms with E-state index >= 15 is 0 Å². The first-order valence-electron chi connectivity index (χ1n) is 7.37. The molecule has 0 saturated heterocycles. The first-order valence-corrected chi connectivity index (χ1v) is 7.37. The number of anilines is 1. The van der Waals surface area contributed by atoms with Crippen LogP contribution in [0.1, 0.15) is 30.4 Å². The quantitative estimate of drug-likeness (QED) is 0.754. The first kappa shape index (κ1) is 15.2. The van der Waals surface area contributed by atoms with Gasteiger partial charge in [-0.3, -0.25) is 0 Å². The molecule has 3 aromatic rings. The number of benzene rings is 1. The second kappa shape index (κ2) is 6.62. The first-order chi connectivity index (χ1) is 11.2. The average Bonchev–Trinajstić information content (AvgIpc) is 3.17. The van der Waals surface area contributed by atoms with Crippen molar-refractivity contribution < 1.29 is 9.26 Å². The molecule has 3 rings (SSSR count). The van der Waals surface area contributed by atoms with E-state index in [4.69, 9.17) is 9.26 Å². The van der Waals surface area contributed by atoms with Crippen molar-refractivity contribution in [2.75, 3.05) is 12.4 Å². The van der Waals surface area contributed by atoms with Gasteiger partial charge in [0.05, 0.1) is 23.3 Å². The molecule has 0 amide bonds. The van der Waals surface area contributed by atoms with E-state index in [1.807, 2.05) is 48.9 Å². The Morgan fingerprint density at radius 1 is 1.30 bits per heavy atom. The van der Waals surface area contributed by atoms with Crippen LogP contribution in [0.25, 0.3) is 5.69 Å². The number of para-hydroxylation sites is 1. The summed E-state index contributed by atoms with van der Waals surface area (Å²) in [5, 5.41) is 11.7. The molecule has 0 bridgehead atoms. The van der Waals surface area contributed by atoms with Crippen molar-refractivity contribution in [3.8, 4) is 5.69 Å². The van der Waals surface area contributed by atoms with Crippen LogP contribution in [0.4, 0.5) is 5.69 Å². The van der Waals surface area contributed by atoms with E-state index in [0.29, 0.717) is 18.3 Å². The molecule has 0 aliphatic rings. The highest BCUT2D eigenvalue weighted by Crippen LogP contribution is 2.23. The van der Waals surface area contributed by atoms with Gasteiger partial charge in [-0.1, -0.05) is 23.4 Å². The van der Waals surface area contributed by atoms with Crippen LogP contribution >= 0.6 is 0 Å². The molecule has 1 atom stereocenters. The Bertz CT molecular complexity index is 766. The van der Waals surface area contributed by atoms with E-state index in [-0.39, 0.29) is 6.04 Å². The zero-order valence-electron chi connectivity index (χ0n) is 13.4. The minimum Gasteiger partial charge on any atom is -0.377 e. The SMILES string of the molecule is COCc1noc([C@H](C)Nc2cnn(-c3ccccc3)c2C)n1. The van der Waals surface area contributed by atoms with E-state index < -0.39 is 0 Å². The molecule has 0 radical (unpaired) electrons. The second-order valence-corrected chi connectivity index (χ2v) is 5.24. The third-order valence-corrected chi connectivity index (χ3v) is 3.51. The normalized spacial score (nSPS) is 12.3. The molecule has 0 fully saturated rings. The summed E-state index contributed by atoms with van der Waals surface area (Å²) >= 11 is 0. The van der Waals surface area contributed by atoms with Gasteiger partial charge < -0.3 is 14.6 Å². The fraction of sp³-hybridized carbons (Fsp3) is 0.312. The minimum atomic E-state index is -0.125. The number of nitrogens with one attached hydrogen (secondary N) is 1. The predicted molar refractivity (Wildman–Crippen MR) is 85.3 cm³/mol. The van der Waals surface area contributed by atoms with Crippen LogP contribution in [0.3, 0.4) is 0 Å². The molecular weight excluding hydrogens is 294 g/mol. The van der Waals surface area contributed by atoms with E-state index in [2.05, 4.69) is 20.6 Å². The van der Waals surface area contributed by atoms with Crippen molar-refractivity contribution in [3.05, 3.63) is 53.9 Å². The molecular formula is C16H19N5O2. The third kappa shape index (κ3) is 3.24. The van der Waals surface area contributed by atoms with Crippen LogP contribution < -0.4 is 5.32 Å². The summed E-state index contributed by atoms with van der Waals surface area (Å²) in [5.41, 5.74) is 2.96. The van der Waals surface area contributed by atoms with Gasteiger partial charge in [-0.05, 0) is 26.0 Å². The van der Waals surface area contributed by atoms with Gasteiger partial charge >= 0.3 is 0 Å². The summed E-state index contributed by atoms with van der Waals surface area (Å²) in [6.45, 7) is 4.31. The molecule has 120 valence electrons. The molecule has 7 nitrogen and oxygen atoms in total. The zero-order chi connectivity index (χ0) is 16.2. The number of aromatic nitrogens is 4. The summed E-state index contributed by atoms with van der Waals surface area (Å²) in [5.74, 6) is 1.05. The van der Waals surface area contributed by atoms with Gasteiger partial charge in [-0.25, -0.2) is 4.68 Å². The maximum absolute atomic E-state index is 5.25. The third-order valence-electron chi connectivity index (χ3n) is 3.51. The summed E-state index contributed by atoms with van der Waals surface area (Å²) in [6, 6.07) is 9.87. The molecule has 0 aliphatic heterocycles. The monoisotopic (exact) mass is 313 g/mol. The lowest BCUT2D eigenvalue weighted by molar-refractivity contribution is 0.174. The topological polar surface area (TPSA) is 78.0 Å². The predicted octanol–water partition coefficient (Wildman–Crippen LogP) is 2.88. The smallest absolute Gasteiger partial charge is 0.248 e. The summed E-state index contributed by atoms with van der Waals surface area (Å²) in [7, 11) is 1.60. The molecule has 2 aromatic heterocycles. The van der Waals surface area contributed by atoms with E-state index in [9.17, 15) is 0 Å². The number of nitrogens with zero attached hydrogens (tertiary/aromatic N) is 4. The number of hydrogen-bond acceptors (Lipinski definition) is 6. The Labute approximate surface area is 134 Å². The van der Waals surface area contributed by atoms with Crippen LogP contribution in [-0.2, 0) is 11.3 Å². The van der Waals surface area contributed by atoms with E-state index in [0.717, 1.165) is 17.1 Å². The maximum atomic E-state index is 5.25. The molecule has 0 aliphatic carbocycles. The van der Waals surface area contributed by atoms with Crippen LogP contribution in [0, 0.1) is 6.92 Å². The lowest BCUT2D eigenvalue weighted by atomic mass is 10.3. The van der Waals surface area contributed by atoms with E-state index in [1.165, 1.54) is 0 Å². The van der Waals surface area contributed by atoms with Crippen molar-refractivity contribution in [1.29, 1.82) is 0 Å². The number of ether oxygens (including phenoxy) is 1. The number of hydrogen-bond donors (Lipinski definition) is 1. The maximum Gasteiger partial charge on any atom is 0.248 e. The fourth-order valence-electron chi connectivity index (χ4n) is 2.31. The van der Waals surface area contributed by atoms with Gasteiger partial charge in [0.25, 0.3) is 0 Å². The van der Waals surface area contributed by atoms with E-state index in [1.54, 1.807) is 13.3 Å². The Balaban J connectivity index is 1.76. The fourth-order valence-corrected chi connectivity index (χ4v) is 2.31. The molecule has 23 heavy (non-hydrogen) atoms. The Hall–Kier alpha value is -2.67. The molecule has 1 N–H and O–H groups in total. The average molecular weight is 313 g/mol. The van der Waals surface area contributed by atoms with Crippen LogP contribution in [0.15, 0.2) is 41.1 Å². The van der Waals surface area contributed by atoms with Crippen molar-refractivity contribution in [2.24, 2.45) is 0 Å². The van der Waals surface area contributed by atoms with Gasteiger partial charge in [0.1, 0.15) is 12.6 Å². The van der Waals surface area contributed by atoms with Crippen LogP contribution in [-0.4, -0.2) is 27.0 Å². The van der Waals surface area contributed by atoms with Gasteiger partial charge in [-0.15, -0.1) is 0 Å². The highest BCUT2D eigenvalue weighted by Gasteiger charge is 2.17. The molecule has 2 heterocycles. The lowest BCUT2D eigenvalue weighted by Crippen LogP contribution is -2.08. The molecule has 7 heteroatoms.